The third-order valence-corrected chi connectivity index (χ3v) is 4.38. The quantitative estimate of drug-likeness (QED) is 0.849. The van der Waals surface area contributed by atoms with Crippen molar-refractivity contribution in [3.63, 3.8) is 0 Å². The molecule has 4 nitrogen and oxygen atoms in total. The molecule has 1 saturated carbocycles. The van der Waals surface area contributed by atoms with E-state index in [4.69, 9.17) is 0 Å². The fourth-order valence-electron chi connectivity index (χ4n) is 3.23. The third kappa shape index (κ3) is 3.60. The molecule has 2 atom stereocenters. The first-order valence-corrected chi connectivity index (χ1v) is 7.93. The molecule has 24 heavy (non-hydrogen) atoms. The van der Waals surface area contributed by atoms with Crippen molar-refractivity contribution in [1.82, 2.24) is 10.3 Å². The van der Waals surface area contributed by atoms with E-state index in [1.165, 1.54) is 0 Å². The lowest BCUT2D eigenvalue weighted by molar-refractivity contribution is -0.187. The highest BCUT2D eigenvalue weighted by Gasteiger charge is 2.45. The van der Waals surface area contributed by atoms with Gasteiger partial charge in [0.2, 0.25) is 0 Å². The zero-order valence-electron chi connectivity index (χ0n) is 12.9. The smallest absolute Gasteiger partial charge is 0.335 e. The molecular weight excluding hydrogens is 319 g/mol. The van der Waals surface area contributed by atoms with Gasteiger partial charge in [-0.3, -0.25) is 4.98 Å². The summed E-state index contributed by atoms with van der Waals surface area (Å²) in [6, 6.07) is 7.41. The highest BCUT2D eigenvalue weighted by atomic mass is 19.4. The summed E-state index contributed by atoms with van der Waals surface area (Å²) in [5.74, 6) is -1.48. The van der Waals surface area contributed by atoms with Crippen molar-refractivity contribution in [1.29, 1.82) is 0 Å². The Balaban J connectivity index is 1.72. The normalized spacial score (nSPS) is 21.5. The number of nitrogens with zero attached hydrogens (tertiary/aromatic N) is 1. The minimum Gasteiger partial charge on any atom is -0.335 e. The number of hydrogen-bond acceptors (Lipinski definition) is 2. The predicted octanol–water partition coefficient (Wildman–Crippen LogP) is 4.48. The Bertz CT molecular complexity index is 727. The van der Waals surface area contributed by atoms with Gasteiger partial charge >= 0.3 is 12.2 Å². The molecule has 0 unspecified atom stereocenters. The van der Waals surface area contributed by atoms with Gasteiger partial charge in [-0.15, -0.1) is 0 Å². The van der Waals surface area contributed by atoms with E-state index in [0.717, 1.165) is 5.39 Å². The summed E-state index contributed by atoms with van der Waals surface area (Å²) in [7, 11) is 0. The van der Waals surface area contributed by atoms with Crippen molar-refractivity contribution in [2.45, 2.75) is 37.9 Å². The number of alkyl halides is 3. The van der Waals surface area contributed by atoms with Crippen molar-refractivity contribution < 1.29 is 18.0 Å². The van der Waals surface area contributed by atoms with Crippen LogP contribution in [0.25, 0.3) is 10.9 Å². The van der Waals surface area contributed by atoms with Crippen molar-refractivity contribution in [3.05, 3.63) is 36.5 Å². The molecule has 2 amide bonds. The Morgan fingerprint density at radius 1 is 1.12 bits per heavy atom. The zero-order valence-corrected chi connectivity index (χ0v) is 12.9. The number of aromatic nitrogens is 1. The van der Waals surface area contributed by atoms with Gasteiger partial charge in [0.25, 0.3) is 0 Å². The van der Waals surface area contributed by atoms with E-state index in [-0.39, 0.29) is 6.42 Å². The maximum Gasteiger partial charge on any atom is 0.393 e. The monoisotopic (exact) mass is 337 g/mol. The summed E-state index contributed by atoms with van der Waals surface area (Å²) < 4.78 is 39.3. The van der Waals surface area contributed by atoms with Gasteiger partial charge in [0.05, 0.1) is 17.1 Å². The SMILES string of the molecule is O=C(Nc1cccc2cccnc12)N[C@H]1CCCC[C@H]1C(F)(F)F. The predicted molar refractivity (Wildman–Crippen MR) is 85.7 cm³/mol. The van der Waals surface area contributed by atoms with Gasteiger partial charge < -0.3 is 10.6 Å². The summed E-state index contributed by atoms with van der Waals surface area (Å²) >= 11 is 0. The summed E-state index contributed by atoms with van der Waals surface area (Å²) in [5.41, 5.74) is 1.08. The lowest BCUT2D eigenvalue weighted by atomic mass is 9.84. The average Bonchev–Trinajstić information content (AvgIpc) is 2.54. The van der Waals surface area contributed by atoms with Crippen LogP contribution in [0.2, 0.25) is 0 Å². The van der Waals surface area contributed by atoms with Crippen LogP contribution in [0.4, 0.5) is 23.7 Å². The summed E-state index contributed by atoms with van der Waals surface area (Å²) in [5, 5.41) is 5.96. The number of carbonyl (C=O) groups is 1. The topological polar surface area (TPSA) is 54.0 Å². The highest BCUT2D eigenvalue weighted by molar-refractivity contribution is 5.99. The molecule has 1 fully saturated rings. The first kappa shape index (κ1) is 16.5. The largest absolute Gasteiger partial charge is 0.393 e. The Labute approximate surface area is 137 Å². The Morgan fingerprint density at radius 2 is 1.88 bits per heavy atom. The number of nitrogens with one attached hydrogen (secondary N) is 2. The number of carbonyl (C=O) groups excluding carboxylic acids is 1. The van der Waals surface area contributed by atoms with Crippen LogP contribution in [0.3, 0.4) is 0 Å². The van der Waals surface area contributed by atoms with E-state index >= 15 is 0 Å². The number of anilines is 1. The molecule has 0 spiro atoms. The summed E-state index contributed by atoms with van der Waals surface area (Å²) in [4.78, 5) is 16.4. The minimum atomic E-state index is -4.29. The molecule has 2 N–H and O–H groups in total. The number of pyridine rings is 1. The lowest BCUT2D eigenvalue weighted by Gasteiger charge is -2.33. The maximum atomic E-state index is 13.1. The van der Waals surface area contributed by atoms with Gasteiger partial charge in [-0.2, -0.15) is 13.2 Å². The first-order chi connectivity index (χ1) is 11.4. The second-order valence-electron chi connectivity index (χ2n) is 6.02. The zero-order chi connectivity index (χ0) is 17.2. The van der Waals surface area contributed by atoms with Crippen molar-refractivity contribution >= 4 is 22.6 Å². The van der Waals surface area contributed by atoms with Crippen LogP contribution in [0.1, 0.15) is 25.7 Å². The number of fused-ring (bicyclic) bond motifs is 1. The highest BCUT2D eigenvalue weighted by Crippen LogP contribution is 2.37. The van der Waals surface area contributed by atoms with Crippen LogP contribution in [-0.2, 0) is 0 Å². The van der Waals surface area contributed by atoms with E-state index in [1.54, 1.807) is 24.4 Å². The van der Waals surface area contributed by atoms with Crippen molar-refractivity contribution in [2.24, 2.45) is 5.92 Å². The molecule has 1 aromatic carbocycles. The van der Waals surface area contributed by atoms with Crippen LogP contribution in [0.15, 0.2) is 36.5 Å². The number of para-hydroxylation sites is 1. The standard InChI is InChI=1S/C17H18F3N3O/c18-17(19,20)12-7-1-2-8-13(12)22-16(24)23-14-9-3-5-11-6-4-10-21-15(11)14/h3-6,9-10,12-13H,1-2,7-8H2,(H2,22,23,24)/t12-,13+/m1/s1. The Morgan fingerprint density at radius 3 is 2.67 bits per heavy atom. The lowest BCUT2D eigenvalue weighted by Crippen LogP contribution is -2.48. The molecule has 0 bridgehead atoms. The molecule has 0 saturated heterocycles. The molecule has 7 heteroatoms. The minimum absolute atomic E-state index is 0.0598. The Hall–Kier alpha value is -2.31. The first-order valence-electron chi connectivity index (χ1n) is 7.93. The molecule has 0 radical (unpaired) electrons. The van der Waals surface area contributed by atoms with E-state index in [9.17, 15) is 18.0 Å². The molecule has 1 aliphatic rings. The number of rotatable bonds is 2. The van der Waals surface area contributed by atoms with Crippen molar-refractivity contribution in [3.8, 4) is 0 Å². The second-order valence-corrected chi connectivity index (χ2v) is 6.02. The third-order valence-electron chi connectivity index (χ3n) is 4.38. The number of urea groups is 1. The van der Waals surface area contributed by atoms with Crippen LogP contribution in [-0.4, -0.2) is 23.2 Å². The van der Waals surface area contributed by atoms with Gasteiger partial charge in [-0.05, 0) is 25.0 Å². The van der Waals surface area contributed by atoms with Gasteiger partial charge in [0.15, 0.2) is 0 Å². The number of benzene rings is 1. The second kappa shape index (κ2) is 6.67. The molecule has 1 heterocycles. The molecule has 2 aromatic rings. The van der Waals surface area contributed by atoms with E-state index < -0.39 is 24.2 Å². The van der Waals surface area contributed by atoms with Crippen LogP contribution in [0, 0.1) is 5.92 Å². The van der Waals surface area contributed by atoms with Crippen LogP contribution < -0.4 is 10.6 Å². The van der Waals surface area contributed by atoms with Crippen LogP contribution >= 0.6 is 0 Å². The average molecular weight is 337 g/mol. The Kier molecular flexibility index (Phi) is 4.59. The van der Waals surface area contributed by atoms with Gasteiger partial charge in [-0.25, -0.2) is 4.79 Å². The van der Waals surface area contributed by atoms with Gasteiger partial charge in [-0.1, -0.05) is 31.0 Å². The molecular formula is C17H18F3N3O. The van der Waals surface area contributed by atoms with E-state index in [1.807, 2.05) is 12.1 Å². The fourth-order valence-corrected chi connectivity index (χ4v) is 3.23. The van der Waals surface area contributed by atoms with Crippen LogP contribution in [0.5, 0.6) is 0 Å². The van der Waals surface area contributed by atoms with Gasteiger partial charge in [0, 0.05) is 17.6 Å². The number of amides is 2. The van der Waals surface area contributed by atoms with E-state index in [2.05, 4.69) is 15.6 Å². The van der Waals surface area contributed by atoms with E-state index in [0.29, 0.717) is 30.5 Å². The van der Waals surface area contributed by atoms with Gasteiger partial charge in [0.1, 0.15) is 0 Å². The molecule has 1 aliphatic carbocycles. The molecule has 1 aromatic heterocycles. The fraction of sp³-hybridized carbons (Fsp3) is 0.412. The number of halogens is 3. The number of hydrogen-bond donors (Lipinski definition) is 2. The molecule has 0 aliphatic heterocycles. The summed E-state index contributed by atoms with van der Waals surface area (Å²) in [6.07, 6.45) is -1.06. The molecule has 128 valence electrons. The summed E-state index contributed by atoms with van der Waals surface area (Å²) in [6.45, 7) is 0. The molecule has 3 rings (SSSR count). The maximum absolute atomic E-state index is 13.1. The van der Waals surface area contributed by atoms with Crippen molar-refractivity contribution in [2.75, 3.05) is 5.32 Å².